The second kappa shape index (κ2) is 6.78. The van der Waals surface area contributed by atoms with Crippen molar-refractivity contribution < 1.29 is 4.74 Å². The fraction of sp³-hybridized carbons (Fsp3) is 0.438. The topological polar surface area (TPSA) is 74.7 Å². The number of aromatic nitrogens is 2. The van der Waals surface area contributed by atoms with Crippen molar-refractivity contribution in [2.45, 2.75) is 20.3 Å². The molecular weight excluding hydrogens is 292 g/mol. The summed E-state index contributed by atoms with van der Waals surface area (Å²) in [6.07, 6.45) is 1.12. The van der Waals surface area contributed by atoms with Crippen LogP contribution in [0.5, 0.6) is 5.75 Å². The molecule has 0 spiro atoms. The second-order valence-corrected chi connectivity index (χ2v) is 5.52. The van der Waals surface area contributed by atoms with E-state index in [0.29, 0.717) is 18.6 Å². The number of fused-ring (bicyclic) bond motifs is 1. The summed E-state index contributed by atoms with van der Waals surface area (Å²) in [5.41, 5.74) is 1.78. The van der Waals surface area contributed by atoms with E-state index < -0.39 is 0 Å². The molecule has 2 heterocycles. The molecule has 1 aliphatic heterocycles. The molecule has 1 aromatic carbocycles. The van der Waals surface area contributed by atoms with Gasteiger partial charge in [-0.2, -0.15) is 0 Å². The summed E-state index contributed by atoms with van der Waals surface area (Å²) < 4.78 is 5.25. The molecule has 0 radical (unpaired) electrons. The van der Waals surface area contributed by atoms with Crippen LogP contribution in [0.2, 0.25) is 0 Å². The highest BCUT2D eigenvalue weighted by Crippen LogP contribution is 2.22. The maximum atomic E-state index is 5.25. The monoisotopic (exact) mass is 314 g/mol. The van der Waals surface area contributed by atoms with E-state index in [2.05, 4.69) is 37.4 Å². The molecular formula is C16H22N6O. The van der Waals surface area contributed by atoms with Crippen molar-refractivity contribution in [3.05, 3.63) is 23.9 Å². The third-order valence-electron chi connectivity index (χ3n) is 3.76. The molecule has 0 amide bonds. The average molecular weight is 314 g/mol. The number of nitrogens with zero attached hydrogens (tertiary/aromatic N) is 4. The molecule has 0 bridgehead atoms. The number of anilines is 1. The van der Waals surface area contributed by atoms with Crippen LogP contribution in [0.3, 0.4) is 0 Å². The number of hydrogen-bond donors (Lipinski definition) is 2. The van der Waals surface area contributed by atoms with Gasteiger partial charge in [0.15, 0.2) is 0 Å². The highest BCUT2D eigenvalue weighted by atomic mass is 16.5. The molecule has 122 valence electrons. The Morgan fingerprint density at radius 2 is 2.22 bits per heavy atom. The van der Waals surface area contributed by atoms with Crippen molar-refractivity contribution in [2.75, 3.05) is 32.3 Å². The maximum absolute atomic E-state index is 5.25. The minimum atomic E-state index is 0.551. The molecule has 0 saturated heterocycles. The Labute approximate surface area is 135 Å². The van der Waals surface area contributed by atoms with E-state index in [1.807, 2.05) is 25.1 Å². The average Bonchev–Trinajstić information content (AvgIpc) is 2.57. The van der Waals surface area contributed by atoms with Crippen LogP contribution in [-0.2, 0) is 0 Å². The van der Waals surface area contributed by atoms with Crippen LogP contribution >= 0.6 is 0 Å². The Kier molecular flexibility index (Phi) is 4.57. The fourth-order valence-electron chi connectivity index (χ4n) is 2.56. The fourth-order valence-corrected chi connectivity index (χ4v) is 2.56. The van der Waals surface area contributed by atoms with Gasteiger partial charge >= 0.3 is 0 Å². The Balaban J connectivity index is 1.79. The molecule has 7 nitrogen and oxygen atoms in total. The first-order valence-electron chi connectivity index (χ1n) is 7.79. The SMILES string of the molecule is CCCN1CN=C(Nc2nc(C)c3cc(OC)ccc3n2)NC1. The lowest BCUT2D eigenvalue weighted by Gasteiger charge is -2.26. The molecule has 1 aromatic heterocycles. The lowest BCUT2D eigenvalue weighted by molar-refractivity contribution is 0.265. The lowest BCUT2D eigenvalue weighted by Crippen LogP contribution is -2.46. The molecule has 2 N–H and O–H groups in total. The first kappa shape index (κ1) is 15.5. The molecule has 3 rings (SSSR count). The van der Waals surface area contributed by atoms with Crippen LogP contribution in [0.4, 0.5) is 5.95 Å². The third kappa shape index (κ3) is 3.50. The Hall–Kier alpha value is -2.41. The number of hydrogen-bond acceptors (Lipinski definition) is 7. The number of nitrogens with one attached hydrogen (secondary N) is 2. The number of methoxy groups -OCH3 is 1. The summed E-state index contributed by atoms with van der Waals surface area (Å²) in [6, 6.07) is 5.79. The Morgan fingerprint density at radius 1 is 1.35 bits per heavy atom. The molecule has 1 aliphatic rings. The van der Waals surface area contributed by atoms with Crippen molar-refractivity contribution >= 4 is 22.8 Å². The maximum Gasteiger partial charge on any atom is 0.230 e. The quantitative estimate of drug-likeness (QED) is 0.898. The van der Waals surface area contributed by atoms with Gasteiger partial charge in [0.1, 0.15) is 5.75 Å². The van der Waals surface area contributed by atoms with Gasteiger partial charge in [0.2, 0.25) is 11.9 Å². The normalized spacial score (nSPS) is 15.2. The van der Waals surface area contributed by atoms with Crippen molar-refractivity contribution in [3.8, 4) is 5.75 Å². The van der Waals surface area contributed by atoms with E-state index in [0.717, 1.165) is 42.0 Å². The summed E-state index contributed by atoms with van der Waals surface area (Å²) in [4.78, 5) is 15.8. The number of guanidine groups is 1. The number of rotatable bonds is 4. The smallest absolute Gasteiger partial charge is 0.230 e. The standard InChI is InChI=1S/C16H22N6O/c1-4-7-22-9-17-15(18-10-22)21-16-19-11(2)13-8-12(23-3)5-6-14(13)20-16/h5-6,8H,4,7,9-10H2,1-3H3,(H2,17,18,19,20,21). The van der Waals surface area contributed by atoms with Gasteiger partial charge in [0.25, 0.3) is 0 Å². The molecule has 7 heteroatoms. The lowest BCUT2D eigenvalue weighted by atomic mass is 10.2. The number of aliphatic imine (C=N–C) groups is 1. The summed E-state index contributed by atoms with van der Waals surface area (Å²) in [5.74, 6) is 2.07. The Morgan fingerprint density at radius 3 is 2.91 bits per heavy atom. The largest absolute Gasteiger partial charge is 0.497 e. The van der Waals surface area contributed by atoms with Gasteiger partial charge < -0.3 is 10.1 Å². The van der Waals surface area contributed by atoms with Crippen LogP contribution in [0.15, 0.2) is 23.2 Å². The Bertz CT molecular complexity index is 730. The van der Waals surface area contributed by atoms with Gasteiger partial charge in [-0.05, 0) is 31.5 Å². The highest BCUT2D eigenvalue weighted by molar-refractivity contribution is 5.93. The first-order valence-corrected chi connectivity index (χ1v) is 7.79. The van der Waals surface area contributed by atoms with E-state index in [9.17, 15) is 0 Å². The zero-order valence-corrected chi connectivity index (χ0v) is 13.8. The summed E-state index contributed by atoms with van der Waals surface area (Å²) in [5, 5.41) is 7.41. The van der Waals surface area contributed by atoms with Crippen LogP contribution in [0.1, 0.15) is 19.0 Å². The van der Waals surface area contributed by atoms with Gasteiger partial charge in [0, 0.05) is 11.9 Å². The van der Waals surface area contributed by atoms with Gasteiger partial charge in [0.05, 0.1) is 31.7 Å². The molecule has 2 aromatic rings. The van der Waals surface area contributed by atoms with E-state index in [1.54, 1.807) is 7.11 Å². The van der Waals surface area contributed by atoms with Crippen LogP contribution in [0.25, 0.3) is 10.9 Å². The molecule has 0 unspecified atom stereocenters. The van der Waals surface area contributed by atoms with Gasteiger partial charge in [-0.15, -0.1) is 0 Å². The summed E-state index contributed by atoms with van der Waals surface area (Å²) in [6.45, 7) is 6.64. The zero-order chi connectivity index (χ0) is 16.2. The summed E-state index contributed by atoms with van der Waals surface area (Å²) in [7, 11) is 1.65. The van der Waals surface area contributed by atoms with E-state index >= 15 is 0 Å². The van der Waals surface area contributed by atoms with Gasteiger partial charge in [-0.25, -0.2) is 15.0 Å². The first-order chi connectivity index (χ1) is 11.2. The van der Waals surface area contributed by atoms with Gasteiger partial charge in [-0.3, -0.25) is 10.2 Å². The van der Waals surface area contributed by atoms with Crippen molar-refractivity contribution in [1.29, 1.82) is 0 Å². The van der Waals surface area contributed by atoms with Crippen molar-refractivity contribution in [2.24, 2.45) is 4.99 Å². The second-order valence-electron chi connectivity index (χ2n) is 5.52. The van der Waals surface area contributed by atoms with E-state index in [-0.39, 0.29) is 0 Å². The predicted molar refractivity (Wildman–Crippen MR) is 91.8 cm³/mol. The number of aryl methyl sites for hydroxylation is 1. The van der Waals surface area contributed by atoms with Crippen LogP contribution in [-0.4, -0.2) is 47.8 Å². The minimum absolute atomic E-state index is 0.551. The van der Waals surface area contributed by atoms with Crippen molar-refractivity contribution in [3.63, 3.8) is 0 Å². The van der Waals surface area contributed by atoms with Crippen LogP contribution in [0, 0.1) is 6.92 Å². The molecule has 0 atom stereocenters. The third-order valence-corrected chi connectivity index (χ3v) is 3.76. The molecule has 0 fully saturated rings. The minimum Gasteiger partial charge on any atom is -0.497 e. The predicted octanol–water partition coefficient (Wildman–Crippen LogP) is 1.94. The molecule has 0 aliphatic carbocycles. The van der Waals surface area contributed by atoms with Gasteiger partial charge in [-0.1, -0.05) is 6.92 Å². The van der Waals surface area contributed by atoms with E-state index in [1.165, 1.54) is 0 Å². The highest BCUT2D eigenvalue weighted by Gasteiger charge is 2.13. The van der Waals surface area contributed by atoms with E-state index in [4.69, 9.17) is 4.74 Å². The molecule has 23 heavy (non-hydrogen) atoms. The van der Waals surface area contributed by atoms with Crippen molar-refractivity contribution in [1.82, 2.24) is 20.2 Å². The summed E-state index contributed by atoms with van der Waals surface area (Å²) >= 11 is 0. The zero-order valence-electron chi connectivity index (χ0n) is 13.8. The van der Waals surface area contributed by atoms with Crippen LogP contribution < -0.4 is 15.4 Å². The molecule has 0 saturated carbocycles. The number of ether oxygens (including phenoxy) is 1. The number of benzene rings is 1.